The van der Waals surface area contributed by atoms with Crippen molar-refractivity contribution in [1.29, 1.82) is 0 Å². The van der Waals surface area contributed by atoms with Crippen molar-refractivity contribution in [2.24, 2.45) is 0 Å². The second-order valence-corrected chi connectivity index (χ2v) is 7.18. The van der Waals surface area contributed by atoms with Gasteiger partial charge in [0.15, 0.2) is 13.2 Å². The normalized spacial score (nSPS) is 10.1. The first-order valence-corrected chi connectivity index (χ1v) is 10.8. The second-order valence-electron chi connectivity index (χ2n) is 7.18. The molecule has 35 heavy (non-hydrogen) atoms. The summed E-state index contributed by atoms with van der Waals surface area (Å²) in [5.74, 6) is 0.305. The molecule has 0 spiro atoms. The van der Waals surface area contributed by atoms with Crippen LogP contribution in [0.2, 0.25) is 0 Å². The van der Waals surface area contributed by atoms with Crippen LogP contribution in [0.1, 0.15) is 10.4 Å². The van der Waals surface area contributed by atoms with E-state index in [-0.39, 0.29) is 24.6 Å². The van der Waals surface area contributed by atoms with E-state index < -0.39 is 18.5 Å². The van der Waals surface area contributed by atoms with Gasteiger partial charge < -0.3 is 29.6 Å². The highest BCUT2D eigenvalue weighted by Crippen LogP contribution is 2.17. The Bertz CT molecular complexity index is 1120. The Hall–Kier alpha value is -4.53. The number of ether oxygens (including phenoxy) is 4. The van der Waals surface area contributed by atoms with Crippen LogP contribution in [0.3, 0.4) is 0 Å². The standard InChI is InChI=1S/C26H26N2O7/c1-32-23-9-5-6-20(16-23)28-25(30)18-34-22-12-10-19(11-13-22)26(31)35-17-24(29)27-14-15-33-21-7-3-2-4-8-21/h2-13,16H,14-15,17-18H2,1H3,(H,27,29)(H,28,30). The molecule has 0 atom stereocenters. The maximum Gasteiger partial charge on any atom is 0.338 e. The number of esters is 1. The van der Waals surface area contributed by atoms with Gasteiger partial charge in [-0.05, 0) is 48.5 Å². The molecule has 0 aliphatic rings. The minimum Gasteiger partial charge on any atom is -0.497 e. The Morgan fingerprint density at radius 3 is 2.20 bits per heavy atom. The number of para-hydroxylation sites is 1. The van der Waals surface area contributed by atoms with E-state index in [0.717, 1.165) is 0 Å². The van der Waals surface area contributed by atoms with E-state index in [1.165, 1.54) is 24.3 Å². The van der Waals surface area contributed by atoms with E-state index in [9.17, 15) is 14.4 Å². The highest BCUT2D eigenvalue weighted by atomic mass is 16.5. The fraction of sp³-hybridized carbons (Fsp3) is 0.192. The molecule has 9 heteroatoms. The monoisotopic (exact) mass is 478 g/mol. The van der Waals surface area contributed by atoms with Gasteiger partial charge in [0.2, 0.25) is 0 Å². The SMILES string of the molecule is COc1cccc(NC(=O)COc2ccc(C(=O)OCC(=O)NCCOc3ccccc3)cc2)c1. The third-order valence-corrected chi connectivity index (χ3v) is 4.58. The summed E-state index contributed by atoms with van der Waals surface area (Å²) in [7, 11) is 1.54. The lowest BCUT2D eigenvalue weighted by Gasteiger charge is -2.10. The summed E-state index contributed by atoms with van der Waals surface area (Å²) in [6, 6.07) is 22.2. The molecule has 182 valence electrons. The van der Waals surface area contributed by atoms with Gasteiger partial charge in [-0.25, -0.2) is 4.79 Å². The quantitative estimate of drug-likeness (QED) is 0.304. The van der Waals surface area contributed by atoms with Crippen molar-refractivity contribution in [3.63, 3.8) is 0 Å². The van der Waals surface area contributed by atoms with Gasteiger partial charge in [-0.15, -0.1) is 0 Å². The number of carbonyl (C=O) groups excluding carboxylic acids is 3. The molecule has 0 unspecified atom stereocenters. The summed E-state index contributed by atoms with van der Waals surface area (Å²) in [5.41, 5.74) is 0.835. The Labute approximate surface area is 203 Å². The summed E-state index contributed by atoms with van der Waals surface area (Å²) < 4.78 is 21.1. The Balaban J connectivity index is 1.34. The Morgan fingerprint density at radius 2 is 1.46 bits per heavy atom. The van der Waals surface area contributed by atoms with Crippen molar-refractivity contribution in [1.82, 2.24) is 5.32 Å². The number of hydrogen-bond acceptors (Lipinski definition) is 7. The Morgan fingerprint density at radius 1 is 0.743 bits per heavy atom. The van der Waals surface area contributed by atoms with Crippen LogP contribution in [0.4, 0.5) is 5.69 Å². The zero-order chi connectivity index (χ0) is 24.9. The molecule has 2 amide bonds. The lowest BCUT2D eigenvalue weighted by Crippen LogP contribution is -2.32. The molecule has 2 N–H and O–H groups in total. The van der Waals surface area contributed by atoms with Crippen LogP contribution in [-0.4, -0.2) is 51.3 Å². The number of carbonyl (C=O) groups is 3. The van der Waals surface area contributed by atoms with E-state index >= 15 is 0 Å². The number of amides is 2. The van der Waals surface area contributed by atoms with Crippen molar-refractivity contribution < 1.29 is 33.3 Å². The maximum absolute atomic E-state index is 12.2. The van der Waals surface area contributed by atoms with Gasteiger partial charge in [-0.3, -0.25) is 9.59 Å². The molecular formula is C26H26N2O7. The molecule has 0 radical (unpaired) electrons. The van der Waals surface area contributed by atoms with E-state index in [2.05, 4.69) is 10.6 Å². The van der Waals surface area contributed by atoms with E-state index in [1.807, 2.05) is 30.3 Å². The molecule has 0 saturated carbocycles. The molecule has 0 bridgehead atoms. The largest absolute Gasteiger partial charge is 0.497 e. The van der Waals surface area contributed by atoms with Crippen molar-refractivity contribution in [2.75, 3.05) is 38.8 Å². The highest BCUT2D eigenvalue weighted by molar-refractivity contribution is 5.92. The fourth-order valence-corrected chi connectivity index (χ4v) is 2.88. The summed E-state index contributed by atoms with van der Waals surface area (Å²) in [5, 5.41) is 5.32. The van der Waals surface area contributed by atoms with Gasteiger partial charge in [-0.1, -0.05) is 24.3 Å². The number of rotatable bonds is 12. The van der Waals surface area contributed by atoms with E-state index in [0.29, 0.717) is 29.5 Å². The number of anilines is 1. The predicted molar refractivity (Wildman–Crippen MR) is 129 cm³/mol. The van der Waals surface area contributed by atoms with Crippen LogP contribution < -0.4 is 24.8 Å². The third kappa shape index (κ3) is 8.73. The summed E-state index contributed by atoms with van der Waals surface area (Å²) in [6.07, 6.45) is 0. The van der Waals surface area contributed by atoms with Crippen molar-refractivity contribution in [2.45, 2.75) is 0 Å². The third-order valence-electron chi connectivity index (χ3n) is 4.58. The lowest BCUT2D eigenvalue weighted by atomic mass is 10.2. The molecule has 9 nitrogen and oxygen atoms in total. The molecule has 0 aliphatic carbocycles. The van der Waals surface area contributed by atoms with E-state index in [1.54, 1.807) is 31.4 Å². The van der Waals surface area contributed by atoms with Gasteiger partial charge >= 0.3 is 5.97 Å². The topological polar surface area (TPSA) is 112 Å². The molecule has 3 aromatic rings. The van der Waals surface area contributed by atoms with Crippen LogP contribution in [-0.2, 0) is 14.3 Å². The molecule has 0 saturated heterocycles. The van der Waals surface area contributed by atoms with Crippen molar-refractivity contribution in [3.8, 4) is 17.2 Å². The second kappa shape index (κ2) is 13.2. The van der Waals surface area contributed by atoms with Crippen LogP contribution in [0.25, 0.3) is 0 Å². The van der Waals surface area contributed by atoms with Crippen LogP contribution in [0.15, 0.2) is 78.9 Å². The summed E-state index contributed by atoms with van der Waals surface area (Å²) in [4.78, 5) is 36.1. The minimum absolute atomic E-state index is 0.213. The van der Waals surface area contributed by atoms with Gasteiger partial charge in [0, 0.05) is 11.8 Å². The number of hydrogen-bond donors (Lipinski definition) is 2. The van der Waals surface area contributed by atoms with Gasteiger partial charge in [0.05, 0.1) is 19.2 Å². The van der Waals surface area contributed by atoms with Gasteiger partial charge in [0.25, 0.3) is 11.8 Å². The smallest absolute Gasteiger partial charge is 0.338 e. The molecule has 0 aliphatic heterocycles. The summed E-state index contributed by atoms with van der Waals surface area (Å²) >= 11 is 0. The number of methoxy groups -OCH3 is 1. The molecule has 0 heterocycles. The maximum atomic E-state index is 12.2. The minimum atomic E-state index is -0.650. The predicted octanol–water partition coefficient (Wildman–Crippen LogP) is 3.06. The van der Waals surface area contributed by atoms with Gasteiger partial charge in [0.1, 0.15) is 23.9 Å². The average molecular weight is 479 g/mol. The highest BCUT2D eigenvalue weighted by Gasteiger charge is 2.11. The fourth-order valence-electron chi connectivity index (χ4n) is 2.88. The zero-order valence-electron chi connectivity index (χ0n) is 19.2. The first-order valence-electron chi connectivity index (χ1n) is 10.8. The van der Waals surface area contributed by atoms with Gasteiger partial charge in [-0.2, -0.15) is 0 Å². The van der Waals surface area contributed by atoms with Crippen LogP contribution in [0.5, 0.6) is 17.2 Å². The number of nitrogens with one attached hydrogen (secondary N) is 2. The van der Waals surface area contributed by atoms with Crippen LogP contribution >= 0.6 is 0 Å². The van der Waals surface area contributed by atoms with Crippen LogP contribution in [0, 0.1) is 0 Å². The molecular weight excluding hydrogens is 452 g/mol. The Kier molecular flexibility index (Phi) is 9.50. The molecule has 3 rings (SSSR count). The molecule has 3 aromatic carbocycles. The first kappa shape index (κ1) is 25.1. The molecule has 0 fully saturated rings. The molecule has 0 aromatic heterocycles. The zero-order valence-corrected chi connectivity index (χ0v) is 19.2. The number of benzene rings is 3. The first-order chi connectivity index (χ1) is 17.0. The van der Waals surface area contributed by atoms with Crippen molar-refractivity contribution >= 4 is 23.5 Å². The summed E-state index contributed by atoms with van der Waals surface area (Å²) in [6.45, 7) is -0.0482. The van der Waals surface area contributed by atoms with Crippen molar-refractivity contribution in [3.05, 3.63) is 84.4 Å². The van der Waals surface area contributed by atoms with E-state index in [4.69, 9.17) is 18.9 Å². The lowest BCUT2D eigenvalue weighted by molar-refractivity contribution is -0.124. The average Bonchev–Trinajstić information content (AvgIpc) is 2.89.